The van der Waals surface area contributed by atoms with Gasteiger partial charge in [-0.05, 0) is 55.3 Å². The Morgan fingerprint density at radius 3 is 2.81 bits per heavy atom. The minimum Gasteiger partial charge on any atom is -0.393 e. The van der Waals surface area contributed by atoms with Gasteiger partial charge >= 0.3 is 5.69 Å². The number of nitrogens with one attached hydrogen (secondary N) is 2. The summed E-state index contributed by atoms with van der Waals surface area (Å²) < 4.78 is 1.77. The molecule has 2 aromatic heterocycles. The Bertz CT molecular complexity index is 966. The van der Waals surface area contributed by atoms with Crippen LogP contribution >= 0.6 is 11.3 Å². The molecule has 0 aliphatic heterocycles. The topological polar surface area (TPSA) is 87.1 Å². The fourth-order valence-corrected chi connectivity index (χ4v) is 4.28. The number of fused-ring (bicyclic) bond motifs is 1. The van der Waals surface area contributed by atoms with E-state index in [0.717, 1.165) is 23.2 Å². The van der Waals surface area contributed by atoms with Crippen molar-refractivity contribution in [3.63, 3.8) is 0 Å². The molecular formula is C19H21N3O3S. The molecule has 3 N–H and O–H groups in total. The molecule has 6 nitrogen and oxygen atoms in total. The number of hydrogen-bond acceptors (Lipinski definition) is 4. The van der Waals surface area contributed by atoms with Gasteiger partial charge in [0.05, 0.1) is 23.7 Å². The summed E-state index contributed by atoms with van der Waals surface area (Å²) in [6, 6.07) is 9.35. The lowest BCUT2D eigenvalue weighted by molar-refractivity contribution is 0.0951. The van der Waals surface area contributed by atoms with Gasteiger partial charge in [-0.25, -0.2) is 4.79 Å². The third-order valence-electron chi connectivity index (χ3n) is 5.01. The molecule has 0 radical (unpaired) electrons. The highest BCUT2D eigenvalue weighted by Crippen LogP contribution is 2.29. The first-order valence-corrected chi connectivity index (χ1v) is 9.72. The van der Waals surface area contributed by atoms with Crippen LogP contribution in [0.25, 0.3) is 11.0 Å². The van der Waals surface area contributed by atoms with Gasteiger partial charge in [-0.15, -0.1) is 11.3 Å². The summed E-state index contributed by atoms with van der Waals surface area (Å²) in [5.74, 6) is -0.158. The first kappa shape index (κ1) is 17.1. The van der Waals surface area contributed by atoms with E-state index in [1.54, 1.807) is 28.0 Å². The Morgan fingerprint density at radius 2 is 2.08 bits per heavy atom. The quantitative estimate of drug-likeness (QED) is 0.659. The number of carbonyl (C=O) groups excluding carboxylic acids is 1. The standard InChI is InChI=1S/C19H21N3O3S/c23-14-6-4-13(5-7-14)22-17-8-3-12(10-16(17)21-19(22)25)18(24)20-11-15-2-1-9-26-15/h1-3,8-10,13-14,23H,4-7,11H2,(H,20,24)(H,21,25). The molecule has 3 aromatic rings. The van der Waals surface area contributed by atoms with Gasteiger partial charge < -0.3 is 15.4 Å². The van der Waals surface area contributed by atoms with Crippen LogP contribution in [0.15, 0.2) is 40.5 Å². The molecule has 1 aliphatic carbocycles. The highest BCUT2D eigenvalue weighted by molar-refractivity contribution is 7.09. The molecule has 2 heterocycles. The number of benzene rings is 1. The second-order valence-electron chi connectivity index (χ2n) is 6.76. The Hall–Kier alpha value is -2.38. The average Bonchev–Trinajstić information content (AvgIpc) is 3.27. The summed E-state index contributed by atoms with van der Waals surface area (Å²) in [4.78, 5) is 28.8. The van der Waals surface area contributed by atoms with Crippen LogP contribution in [0.2, 0.25) is 0 Å². The molecule has 0 atom stereocenters. The normalized spacial score (nSPS) is 20.3. The maximum Gasteiger partial charge on any atom is 0.326 e. The van der Waals surface area contributed by atoms with Crippen molar-refractivity contribution in [2.75, 3.05) is 0 Å². The number of amides is 1. The molecule has 1 aliphatic rings. The third-order valence-corrected chi connectivity index (χ3v) is 5.89. The lowest BCUT2D eigenvalue weighted by Gasteiger charge is -2.26. The Balaban J connectivity index is 1.56. The van der Waals surface area contributed by atoms with E-state index in [-0.39, 0.29) is 23.7 Å². The number of H-pyrrole nitrogens is 1. The van der Waals surface area contributed by atoms with Crippen LogP contribution < -0.4 is 11.0 Å². The van der Waals surface area contributed by atoms with Crippen molar-refractivity contribution in [1.82, 2.24) is 14.9 Å². The predicted octanol–water partition coefficient (Wildman–Crippen LogP) is 2.80. The molecule has 1 fully saturated rings. The van der Waals surface area contributed by atoms with Crippen molar-refractivity contribution in [2.24, 2.45) is 0 Å². The van der Waals surface area contributed by atoms with E-state index in [1.165, 1.54) is 0 Å². The molecular weight excluding hydrogens is 350 g/mol. The molecule has 1 saturated carbocycles. The summed E-state index contributed by atoms with van der Waals surface area (Å²) in [6.45, 7) is 0.496. The van der Waals surface area contributed by atoms with Crippen molar-refractivity contribution < 1.29 is 9.90 Å². The Kier molecular flexibility index (Phi) is 4.65. The zero-order valence-electron chi connectivity index (χ0n) is 14.3. The van der Waals surface area contributed by atoms with Crippen LogP contribution in [0, 0.1) is 0 Å². The molecule has 26 heavy (non-hydrogen) atoms. The van der Waals surface area contributed by atoms with Gasteiger partial charge in [-0.1, -0.05) is 6.07 Å². The largest absolute Gasteiger partial charge is 0.393 e. The highest BCUT2D eigenvalue weighted by atomic mass is 32.1. The number of hydrogen-bond donors (Lipinski definition) is 3. The second kappa shape index (κ2) is 7.09. The van der Waals surface area contributed by atoms with Crippen LogP contribution in [0.3, 0.4) is 0 Å². The highest BCUT2D eigenvalue weighted by Gasteiger charge is 2.24. The van der Waals surface area contributed by atoms with Crippen molar-refractivity contribution in [3.8, 4) is 0 Å². The predicted molar refractivity (Wildman–Crippen MR) is 102 cm³/mol. The van der Waals surface area contributed by atoms with Crippen LogP contribution in [-0.4, -0.2) is 26.7 Å². The summed E-state index contributed by atoms with van der Waals surface area (Å²) in [7, 11) is 0. The van der Waals surface area contributed by atoms with E-state index in [4.69, 9.17) is 0 Å². The zero-order chi connectivity index (χ0) is 18.1. The van der Waals surface area contributed by atoms with E-state index in [9.17, 15) is 14.7 Å². The molecule has 1 aromatic carbocycles. The summed E-state index contributed by atoms with van der Waals surface area (Å²) in [6.07, 6.45) is 2.75. The molecule has 0 unspecified atom stereocenters. The van der Waals surface area contributed by atoms with Crippen molar-refractivity contribution in [1.29, 1.82) is 0 Å². The first-order valence-electron chi connectivity index (χ1n) is 8.85. The van der Waals surface area contributed by atoms with Crippen LogP contribution in [-0.2, 0) is 6.54 Å². The number of nitrogens with zero attached hydrogens (tertiary/aromatic N) is 1. The number of aliphatic hydroxyl groups excluding tert-OH is 1. The van der Waals surface area contributed by atoms with Gasteiger partial charge in [0.2, 0.25) is 0 Å². The molecule has 7 heteroatoms. The lowest BCUT2D eigenvalue weighted by Crippen LogP contribution is -2.27. The number of thiophene rings is 1. The number of aromatic nitrogens is 2. The smallest absolute Gasteiger partial charge is 0.326 e. The van der Waals surface area contributed by atoms with Gasteiger partial charge in [0, 0.05) is 16.5 Å². The van der Waals surface area contributed by atoms with Crippen LogP contribution in [0.4, 0.5) is 0 Å². The molecule has 4 rings (SSSR count). The number of aromatic amines is 1. The first-order chi connectivity index (χ1) is 12.6. The van der Waals surface area contributed by atoms with Gasteiger partial charge in [0.15, 0.2) is 0 Å². The van der Waals surface area contributed by atoms with E-state index in [0.29, 0.717) is 30.5 Å². The fraction of sp³-hybridized carbons (Fsp3) is 0.368. The van der Waals surface area contributed by atoms with Crippen LogP contribution in [0.1, 0.15) is 47.0 Å². The monoisotopic (exact) mass is 371 g/mol. The Morgan fingerprint density at radius 1 is 1.27 bits per heavy atom. The lowest BCUT2D eigenvalue weighted by atomic mass is 9.93. The van der Waals surface area contributed by atoms with Crippen molar-refractivity contribution in [2.45, 2.75) is 44.4 Å². The molecule has 0 spiro atoms. The fourth-order valence-electron chi connectivity index (χ4n) is 3.63. The minimum absolute atomic E-state index is 0.0955. The van der Waals surface area contributed by atoms with E-state index >= 15 is 0 Å². The van der Waals surface area contributed by atoms with Gasteiger partial charge in [0.25, 0.3) is 5.91 Å². The maximum absolute atomic E-state index is 12.4. The van der Waals surface area contributed by atoms with Gasteiger partial charge in [-0.3, -0.25) is 9.36 Å². The SMILES string of the molecule is O=C(NCc1cccs1)c1ccc2c(c1)[nH]c(=O)n2C1CCC(O)CC1. The average molecular weight is 371 g/mol. The van der Waals surface area contributed by atoms with Gasteiger partial charge in [0.1, 0.15) is 0 Å². The van der Waals surface area contributed by atoms with E-state index in [1.807, 2.05) is 23.6 Å². The molecule has 136 valence electrons. The number of aliphatic hydroxyl groups is 1. The number of rotatable bonds is 4. The maximum atomic E-state index is 12.4. The minimum atomic E-state index is -0.259. The summed E-state index contributed by atoms with van der Waals surface area (Å²) in [5.41, 5.74) is 1.86. The van der Waals surface area contributed by atoms with E-state index in [2.05, 4.69) is 10.3 Å². The Labute approximate surface area is 154 Å². The number of imidazole rings is 1. The number of carbonyl (C=O) groups is 1. The van der Waals surface area contributed by atoms with E-state index < -0.39 is 0 Å². The molecule has 0 saturated heterocycles. The summed E-state index contributed by atoms with van der Waals surface area (Å²) >= 11 is 1.60. The molecule has 1 amide bonds. The van der Waals surface area contributed by atoms with Crippen LogP contribution in [0.5, 0.6) is 0 Å². The second-order valence-corrected chi connectivity index (χ2v) is 7.79. The van der Waals surface area contributed by atoms with Crippen molar-refractivity contribution in [3.05, 3.63) is 56.6 Å². The third kappa shape index (κ3) is 3.32. The molecule has 0 bridgehead atoms. The van der Waals surface area contributed by atoms with Gasteiger partial charge in [-0.2, -0.15) is 0 Å². The van der Waals surface area contributed by atoms with Crippen molar-refractivity contribution >= 4 is 28.3 Å². The summed E-state index contributed by atoms with van der Waals surface area (Å²) in [5, 5.41) is 14.6. The zero-order valence-corrected chi connectivity index (χ0v) is 15.1.